The van der Waals surface area contributed by atoms with E-state index in [1.165, 1.54) is 13.0 Å². The van der Waals surface area contributed by atoms with E-state index in [4.69, 9.17) is 19.3 Å². The van der Waals surface area contributed by atoms with Gasteiger partial charge in [-0.2, -0.15) is 0 Å². The quantitative estimate of drug-likeness (QED) is 0.325. The maximum atomic E-state index is 12.5. The molecule has 0 aromatic heterocycles. The van der Waals surface area contributed by atoms with Crippen molar-refractivity contribution in [2.24, 2.45) is 5.92 Å². The Morgan fingerprint density at radius 3 is 2.76 bits per heavy atom. The zero-order valence-electron chi connectivity index (χ0n) is 17.1. The van der Waals surface area contributed by atoms with Crippen LogP contribution >= 0.6 is 0 Å². The number of rotatable bonds is 5. The predicted molar refractivity (Wildman–Crippen MR) is 106 cm³/mol. The first-order valence-electron chi connectivity index (χ1n) is 9.59. The van der Waals surface area contributed by atoms with Crippen molar-refractivity contribution in [1.29, 1.82) is 0 Å². The van der Waals surface area contributed by atoms with Gasteiger partial charge in [0.15, 0.2) is 0 Å². The minimum atomic E-state index is -0.738. The maximum Gasteiger partial charge on any atom is 0.334 e. The van der Waals surface area contributed by atoms with Crippen molar-refractivity contribution in [2.75, 3.05) is 13.2 Å². The summed E-state index contributed by atoms with van der Waals surface area (Å²) in [7, 11) is 0. The van der Waals surface area contributed by atoms with Crippen LogP contribution in [0.5, 0.6) is 0 Å². The number of esters is 3. The first-order chi connectivity index (χ1) is 13.7. The average molecular weight is 404 g/mol. The average Bonchev–Trinajstić information content (AvgIpc) is 2.92. The number of hydrogen-bond donors (Lipinski definition) is 1. The highest BCUT2D eigenvalue weighted by Crippen LogP contribution is 2.36. The Bertz CT molecular complexity index is 772. The van der Waals surface area contributed by atoms with Gasteiger partial charge in [-0.25, -0.2) is 9.59 Å². The summed E-state index contributed by atoms with van der Waals surface area (Å²) < 4.78 is 16.3. The normalized spacial score (nSPS) is 29.0. The minimum Gasteiger partial charge on any atom is -0.461 e. The van der Waals surface area contributed by atoms with Crippen LogP contribution in [0.1, 0.15) is 40.0 Å². The molecular weight excluding hydrogens is 376 g/mol. The van der Waals surface area contributed by atoms with Gasteiger partial charge in [0, 0.05) is 24.5 Å². The van der Waals surface area contributed by atoms with Crippen LogP contribution in [0.4, 0.5) is 0 Å². The molecule has 1 saturated heterocycles. The third-order valence-electron chi connectivity index (χ3n) is 4.98. The summed E-state index contributed by atoms with van der Waals surface area (Å²) in [4.78, 5) is 35.9. The van der Waals surface area contributed by atoms with E-state index in [-0.39, 0.29) is 30.8 Å². The highest BCUT2D eigenvalue weighted by atomic mass is 16.6. The molecule has 0 saturated carbocycles. The number of fused-ring (bicyclic) bond motifs is 1. The summed E-state index contributed by atoms with van der Waals surface area (Å²) in [5, 5.41) is 9.03. The number of hydrogen-bond acceptors (Lipinski definition) is 7. The second-order valence-corrected chi connectivity index (χ2v) is 7.33. The third-order valence-corrected chi connectivity index (χ3v) is 4.98. The summed E-state index contributed by atoms with van der Waals surface area (Å²) in [6.07, 6.45) is 5.64. The molecule has 1 N–H and O–H groups in total. The molecule has 7 nitrogen and oxygen atoms in total. The Hall–Kier alpha value is -2.67. The Morgan fingerprint density at radius 2 is 2.10 bits per heavy atom. The Kier molecular flexibility index (Phi) is 7.96. The maximum absolute atomic E-state index is 12.5. The smallest absolute Gasteiger partial charge is 0.334 e. The molecule has 2 aliphatic rings. The van der Waals surface area contributed by atoms with E-state index in [2.05, 4.69) is 6.58 Å². The molecule has 0 amide bonds. The SMILES string of the molecule is C=C1C(=O)O[C@@H]2/C=C(\C)CC/C=C(/COC(C)=O)C[C@@H](OC(=O)/C(C)=C/CO)[C@@H]12. The lowest BCUT2D eigenvalue weighted by molar-refractivity contribution is -0.148. The van der Waals surface area contributed by atoms with Crippen molar-refractivity contribution in [3.8, 4) is 0 Å². The van der Waals surface area contributed by atoms with Gasteiger partial charge >= 0.3 is 17.9 Å². The van der Waals surface area contributed by atoms with Crippen LogP contribution in [-0.2, 0) is 28.6 Å². The molecule has 0 aromatic rings. The molecule has 1 aliphatic heterocycles. The number of aliphatic hydroxyl groups excluding tert-OH is 1. The van der Waals surface area contributed by atoms with Gasteiger partial charge in [-0.1, -0.05) is 18.2 Å². The number of allylic oxidation sites excluding steroid dienone is 2. The first kappa shape index (κ1) is 22.6. The molecule has 3 atom stereocenters. The lowest BCUT2D eigenvalue weighted by Crippen LogP contribution is -2.34. The van der Waals surface area contributed by atoms with Crippen molar-refractivity contribution in [2.45, 2.75) is 52.2 Å². The second-order valence-electron chi connectivity index (χ2n) is 7.33. The van der Waals surface area contributed by atoms with E-state index in [9.17, 15) is 14.4 Å². The fourth-order valence-corrected chi connectivity index (χ4v) is 3.39. The van der Waals surface area contributed by atoms with Gasteiger partial charge in [0.1, 0.15) is 18.8 Å². The van der Waals surface area contributed by atoms with Crippen LogP contribution in [0, 0.1) is 5.92 Å². The second kappa shape index (κ2) is 10.2. The van der Waals surface area contributed by atoms with E-state index in [1.54, 1.807) is 6.92 Å². The highest BCUT2D eigenvalue weighted by Gasteiger charge is 2.44. The van der Waals surface area contributed by atoms with E-state index in [1.807, 2.05) is 19.1 Å². The number of carbonyl (C=O) groups excluding carboxylic acids is 3. The lowest BCUT2D eigenvalue weighted by Gasteiger charge is -2.28. The van der Waals surface area contributed by atoms with Gasteiger partial charge < -0.3 is 19.3 Å². The molecule has 0 bridgehead atoms. The number of ether oxygens (including phenoxy) is 3. The summed E-state index contributed by atoms with van der Waals surface area (Å²) >= 11 is 0. The first-order valence-corrected chi connectivity index (χ1v) is 9.59. The molecule has 7 heteroatoms. The van der Waals surface area contributed by atoms with Gasteiger partial charge in [0.25, 0.3) is 0 Å². The van der Waals surface area contributed by atoms with Crippen LogP contribution in [-0.4, -0.2) is 48.4 Å². The fourth-order valence-electron chi connectivity index (χ4n) is 3.39. The molecule has 0 unspecified atom stereocenters. The molecule has 0 spiro atoms. The molecule has 1 fully saturated rings. The van der Waals surface area contributed by atoms with E-state index < -0.39 is 36.0 Å². The van der Waals surface area contributed by atoms with E-state index in [0.29, 0.717) is 0 Å². The zero-order chi connectivity index (χ0) is 21.6. The monoisotopic (exact) mass is 404 g/mol. The van der Waals surface area contributed by atoms with Crippen molar-refractivity contribution < 1.29 is 33.7 Å². The van der Waals surface area contributed by atoms with Crippen molar-refractivity contribution >= 4 is 17.9 Å². The topological polar surface area (TPSA) is 99.1 Å². The lowest BCUT2D eigenvalue weighted by atomic mass is 9.85. The molecule has 158 valence electrons. The molecule has 1 heterocycles. The summed E-state index contributed by atoms with van der Waals surface area (Å²) in [5.74, 6) is -2.07. The third kappa shape index (κ3) is 6.15. The van der Waals surface area contributed by atoms with Crippen LogP contribution in [0.2, 0.25) is 0 Å². The van der Waals surface area contributed by atoms with Gasteiger partial charge in [0.2, 0.25) is 0 Å². The van der Waals surface area contributed by atoms with Crippen molar-refractivity contribution in [1.82, 2.24) is 0 Å². The fraction of sp³-hybridized carbons (Fsp3) is 0.500. The predicted octanol–water partition coefficient (Wildman–Crippen LogP) is 2.55. The molecule has 1 aliphatic carbocycles. The molecule has 2 rings (SSSR count). The number of aliphatic hydroxyl groups is 1. The van der Waals surface area contributed by atoms with E-state index >= 15 is 0 Å². The van der Waals surface area contributed by atoms with Gasteiger partial charge in [-0.05, 0) is 44.4 Å². The minimum absolute atomic E-state index is 0.0796. The van der Waals surface area contributed by atoms with Crippen molar-refractivity contribution in [3.05, 3.63) is 47.1 Å². The van der Waals surface area contributed by atoms with Crippen molar-refractivity contribution in [3.63, 3.8) is 0 Å². The largest absolute Gasteiger partial charge is 0.461 e. The number of carbonyl (C=O) groups is 3. The molecule has 29 heavy (non-hydrogen) atoms. The van der Waals surface area contributed by atoms with Gasteiger partial charge in [0.05, 0.1) is 12.5 Å². The van der Waals surface area contributed by atoms with Crippen LogP contribution < -0.4 is 0 Å². The van der Waals surface area contributed by atoms with Crippen LogP contribution in [0.25, 0.3) is 0 Å². The van der Waals surface area contributed by atoms with Crippen LogP contribution in [0.15, 0.2) is 47.1 Å². The molecule has 0 aromatic carbocycles. The standard InChI is InChI=1S/C22H28O7/c1-13-6-5-7-17(12-27-16(4)24)11-19(28-21(25)14(2)8-9-23)20-15(3)22(26)29-18(20)10-13/h7-8,10,18-20,23H,3,5-6,9,11-12H2,1-2,4H3/b13-10+,14-8+,17-7+/t18-,19-,20+/m1/s1. The molecule has 0 radical (unpaired) electrons. The highest BCUT2D eigenvalue weighted by molar-refractivity contribution is 5.92. The summed E-state index contributed by atoms with van der Waals surface area (Å²) in [6.45, 7) is 8.47. The summed E-state index contributed by atoms with van der Waals surface area (Å²) in [6, 6.07) is 0. The van der Waals surface area contributed by atoms with Crippen LogP contribution in [0.3, 0.4) is 0 Å². The Balaban J connectivity index is 2.39. The van der Waals surface area contributed by atoms with Gasteiger partial charge in [-0.15, -0.1) is 0 Å². The Morgan fingerprint density at radius 1 is 1.38 bits per heavy atom. The zero-order valence-corrected chi connectivity index (χ0v) is 17.1. The molecular formula is C22H28O7. The summed E-state index contributed by atoms with van der Waals surface area (Å²) in [5.41, 5.74) is 2.33. The van der Waals surface area contributed by atoms with Gasteiger partial charge in [-0.3, -0.25) is 4.79 Å². The van der Waals surface area contributed by atoms with E-state index in [0.717, 1.165) is 24.0 Å². The Labute approximate surface area is 170 Å².